The number of ether oxygens (including phenoxy) is 1. The number of methoxy groups -OCH3 is 1. The molecule has 4 heteroatoms. The maximum absolute atomic E-state index is 11.8. The average molecular weight is 348 g/mol. The van der Waals surface area contributed by atoms with Crippen molar-refractivity contribution in [3.05, 3.63) is 58.1 Å². The van der Waals surface area contributed by atoms with E-state index >= 15 is 0 Å². The predicted octanol–water partition coefficient (Wildman–Crippen LogP) is 4.30. The molecule has 110 valence electrons. The van der Waals surface area contributed by atoms with Gasteiger partial charge in [-0.25, -0.2) is 0 Å². The van der Waals surface area contributed by atoms with E-state index in [1.54, 1.807) is 14.0 Å². The Labute approximate surface area is 133 Å². The van der Waals surface area contributed by atoms with Crippen molar-refractivity contribution in [2.24, 2.45) is 0 Å². The van der Waals surface area contributed by atoms with E-state index in [0.717, 1.165) is 33.6 Å². The van der Waals surface area contributed by atoms with Gasteiger partial charge in [-0.2, -0.15) is 0 Å². The molecule has 0 aliphatic carbocycles. The predicted molar refractivity (Wildman–Crippen MR) is 89.2 cm³/mol. The summed E-state index contributed by atoms with van der Waals surface area (Å²) >= 11 is 3.46. The lowest BCUT2D eigenvalue weighted by atomic mass is 10.1. The van der Waals surface area contributed by atoms with Gasteiger partial charge in [0.05, 0.1) is 7.11 Å². The zero-order valence-corrected chi connectivity index (χ0v) is 14.0. The number of nitrogens with zero attached hydrogens (tertiary/aromatic N) is 1. The van der Waals surface area contributed by atoms with Gasteiger partial charge in [-0.15, -0.1) is 0 Å². The number of rotatable bonds is 5. The van der Waals surface area contributed by atoms with Gasteiger partial charge in [0, 0.05) is 29.3 Å². The second-order valence-corrected chi connectivity index (χ2v) is 5.84. The Morgan fingerprint density at radius 1 is 1.19 bits per heavy atom. The number of Topliss-reactive ketones (excluding diaryl/α,β-unsaturated/α-hetero) is 1. The first-order valence-electron chi connectivity index (χ1n) is 6.66. The quantitative estimate of drug-likeness (QED) is 0.755. The standard InChI is InChI=1S/C17H18BrNO2/c1-12(20)16-9-6-14(18)10-17(16)19(2)11-13-4-7-15(21-3)8-5-13/h4-10H,11H2,1-3H3. The second-order valence-electron chi connectivity index (χ2n) is 4.92. The highest BCUT2D eigenvalue weighted by atomic mass is 79.9. The minimum absolute atomic E-state index is 0.0686. The van der Waals surface area contributed by atoms with Crippen LogP contribution in [0, 0.1) is 0 Å². The summed E-state index contributed by atoms with van der Waals surface area (Å²) in [7, 11) is 3.64. The van der Waals surface area contributed by atoms with E-state index in [-0.39, 0.29) is 5.78 Å². The smallest absolute Gasteiger partial charge is 0.161 e. The monoisotopic (exact) mass is 347 g/mol. The number of ketones is 1. The molecular formula is C17H18BrNO2. The summed E-state index contributed by atoms with van der Waals surface area (Å²) in [5.41, 5.74) is 2.81. The number of hydrogen-bond donors (Lipinski definition) is 0. The van der Waals surface area contributed by atoms with E-state index in [2.05, 4.69) is 20.8 Å². The van der Waals surface area contributed by atoms with Crippen molar-refractivity contribution < 1.29 is 9.53 Å². The number of hydrogen-bond acceptors (Lipinski definition) is 3. The molecule has 0 saturated carbocycles. The summed E-state index contributed by atoms with van der Waals surface area (Å²) in [6.07, 6.45) is 0. The van der Waals surface area contributed by atoms with Crippen LogP contribution >= 0.6 is 15.9 Å². The lowest BCUT2D eigenvalue weighted by molar-refractivity contribution is 0.101. The van der Waals surface area contributed by atoms with Crippen LogP contribution in [0.3, 0.4) is 0 Å². The van der Waals surface area contributed by atoms with Crippen molar-refractivity contribution >= 4 is 27.4 Å². The van der Waals surface area contributed by atoms with Crippen LogP contribution in [0.4, 0.5) is 5.69 Å². The van der Waals surface area contributed by atoms with Gasteiger partial charge in [0.2, 0.25) is 0 Å². The molecule has 0 atom stereocenters. The molecule has 0 fully saturated rings. The van der Waals surface area contributed by atoms with Crippen molar-refractivity contribution in [3.63, 3.8) is 0 Å². The molecule has 0 aromatic heterocycles. The lowest BCUT2D eigenvalue weighted by Gasteiger charge is -2.22. The van der Waals surface area contributed by atoms with Gasteiger partial charge in [-0.05, 0) is 42.8 Å². The molecule has 0 saturated heterocycles. The molecule has 0 aliphatic heterocycles. The van der Waals surface area contributed by atoms with Crippen LogP contribution in [-0.4, -0.2) is 19.9 Å². The summed E-state index contributed by atoms with van der Waals surface area (Å²) in [4.78, 5) is 13.8. The van der Waals surface area contributed by atoms with Crippen LogP contribution in [0.25, 0.3) is 0 Å². The fourth-order valence-electron chi connectivity index (χ4n) is 2.21. The van der Waals surface area contributed by atoms with Crippen LogP contribution in [0.1, 0.15) is 22.8 Å². The summed E-state index contributed by atoms with van der Waals surface area (Å²) in [6, 6.07) is 13.7. The number of benzene rings is 2. The highest BCUT2D eigenvalue weighted by Crippen LogP contribution is 2.26. The van der Waals surface area contributed by atoms with E-state index in [4.69, 9.17) is 4.74 Å². The number of carbonyl (C=O) groups is 1. The second kappa shape index (κ2) is 6.76. The summed E-state index contributed by atoms with van der Waals surface area (Å²) in [6.45, 7) is 2.31. The third-order valence-corrected chi connectivity index (χ3v) is 3.82. The minimum Gasteiger partial charge on any atom is -0.497 e. The van der Waals surface area contributed by atoms with Crippen LogP contribution in [0.2, 0.25) is 0 Å². The Morgan fingerprint density at radius 2 is 1.86 bits per heavy atom. The average Bonchev–Trinajstić information content (AvgIpc) is 2.47. The van der Waals surface area contributed by atoms with Gasteiger partial charge in [0.15, 0.2) is 5.78 Å². The first-order valence-corrected chi connectivity index (χ1v) is 7.45. The molecule has 0 radical (unpaired) electrons. The number of halogens is 1. The molecule has 21 heavy (non-hydrogen) atoms. The zero-order chi connectivity index (χ0) is 15.4. The summed E-state index contributed by atoms with van der Waals surface area (Å²) < 4.78 is 6.12. The lowest BCUT2D eigenvalue weighted by Crippen LogP contribution is -2.19. The Hall–Kier alpha value is -1.81. The summed E-state index contributed by atoms with van der Waals surface area (Å²) in [5.74, 6) is 0.910. The molecule has 3 nitrogen and oxygen atoms in total. The van der Waals surface area contributed by atoms with Crippen molar-refractivity contribution in [1.82, 2.24) is 0 Å². The van der Waals surface area contributed by atoms with E-state index in [9.17, 15) is 4.79 Å². The molecule has 2 aromatic rings. The normalized spacial score (nSPS) is 10.3. The maximum atomic E-state index is 11.8. The fourth-order valence-corrected chi connectivity index (χ4v) is 2.56. The Kier molecular flexibility index (Phi) is 5.02. The fraction of sp³-hybridized carbons (Fsp3) is 0.235. The summed E-state index contributed by atoms with van der Waals surface area (Å²) in [5, 5.41) is 0. The topological polar surface area (TPSA) is 29.5 Å². The molecular weight excluding hydrogens is 330 g/mol. The Balaban J connectivity index is 2.24. The van der Waals surface area contributed by atoms with E-state index in [1.807, 2.05) is 49.5 Å². The third kappa shape index (κ3) is 3.85. The van der Waals surface area contributed by atoms with Crippen LogP contribution in [0.15, 0.2) is 46.9 Å². The number of anilines is 1. The van der Waals surface area contributed by atoms with Gasteiger partial charge in [-0.3, -0.25) is 4.79 Å². The van der Waals surface area contributed by atoms with Crippen LogP contribution < -0.4 is 9.64 Å². The SMILES string of the molecule is COc1ccc(CN(C)c2cc(Br)ccc2C(C)=O)cc1. The van der Waals surface area contributed by atoms with Crippen molar-refractivity contribution in [3.8, 4) is 5.75 Å². The van der Waals surface area contributed by atoms with Gasteiger partial charge in [0.1, 0.15) is 5.75 Å². The van der Waals surface area contributed by atoms with E-state index < -0.39 is 0 Å². The maximum Gasteiger partial charge on any atom is 0.161 e. The van der Waals surface area contributed by atoms with E-state index in [0.29, 0.717) is 0 Å². The first-order chi connectivity index (χ1) is 10.0. The van der Waals surface area contributed by atoms with Gasteiger partial charge in [-0.1, -0.05) is 28.1 Å². The molecule has 0 unspecified atom stereocenters. The van der Waals surface area contributed by atoms with Crippen LogP contribution in [0.5, 0.6) is 5.75 Å². The highest BCUT2D eigenvalue weighted by Gasteiger charge is 2.12. The van der Waals surface area contributed by atoms with Crippen molar-refractivity contribution in [2.75, 3.05) is 19.1 Å². The zero-order valence-electron chi connectivity index (χ0n) is 12.4. The van der Waals surface area contributed by atoms with E-state index in [1.165, 1.54) is 0 Å². The Morgan fingerprint density at radius 3 is 2.43 bits per heavy atom. The van der Waals surface area contributed by atoms with Gasteiger partial charge in [0.25, 0.3) is 0 Å². The van der Waals surface area contributed by atoms with Gasteiger partial charge < -0.3 is 9.64 Å². The third-order valence-electron chi connectivity index (χ3n) is 3.33. The van der Waals surface area contributed by atoms with Gasteiger partial charge >= 0.3 is 0 Å². The molecule has 0 aliphatic rings. The Bertz CT molecular complexity index is 638. The first kappa shape index (κ1) is 15.6. The molecule has 0 N–H and O–H groups in total. The number of carbonyl (C=O) groups excluding carboxylic acids is 1. The van der Waals surface area contributed by atoms with Crippen LogP contribution in [-0.2, 0) is 6.54 Å². The minimum atomic E-state index is 0.0686. The molecule has 0 bridgehead atoms. The van der Waals surface area contributed by atoms with Crippen molar-refractivity contribution in [2.45, 2.75) is 13.5 Å². The molecule has 2 rings (SSSR count). The molecule has 0 heterocycles. The highest BCUT2D eigenvalue weighted by molar-refractivity contribution is 9.10. The molecule has 0 amide bonds. The largest absolute Gasteiger partial charge is 0.497 e. The molecule has 2 aromatic carbocycles. The van der Waals surface area contributed by atoms with Crippen molar-refractivity contribution in [1.29, 1.82) is 0 Å². The molecule has 0 spiro atoms.